The first-order valence-corrected chi connectivity index (χ1v) is 6.13. The Balaban J connectivity index is 2.50. The summed E-state index contributed by atoms with van der Waals surface area (Å²) in [6, 6.07) is 11.9. The second kappa shape index (κ2) is 5.57. The van der Waals surface area contributed by atoms with E-state index in [1.54, 1.807) is 0 Å². The van der Waals surface area contributed by atoms with Crippen LogP contribution >= 0.6 is 0 Å². The van der Waals surface area contributed by atoms with E-state index in [1.807, 2.05) is 31.2 Å². The minimum atomic E-state index is -1.12. The zero-order valence-electron chi connectivity index (χ0n) is 11.0. The average Bonchev–Trinajstić information content (AvgIpc) is 2.41. The van der Waals surface area contributed by atoms with Crippen molar-refractivity contribution in [3.05, 3.63) is 70.3 Å². The number of aryl methyl sites for hydroxylation is 1. The van der Waals surface area contributed by atoms with Gasteiger partial charge in [-0.2, -0.15) is 0 Å². The van der Waals surface area contributed by atoms with Crippen LogP contribution in [0, 0.1) is 6.92 Å². The Morgan fingerprint density at radius 1 is 0.900 bits per heavy atom. The van der Waals surface area contributed by atoms with Gasteiger partial charge in [0.25, 0.3) is 0 Å². The largest absolute Gasteiger partial charge is 0.478 e. The quantitative estimate of drug-likeness (QED) is 0.895. The lowest BCUT2D eigenvalue weighted by molar-refractivity contribution is 0.0696. The van der Waals surface area contributed by atoms with Crippen LogP contribution < -0.4 is 0 Å². The molecule has 2 rings (SSSR count). The van der Waals surface area contributed by atoms with Crippen molar-refractivity contribution in [3.63, 3.8) is 0 Å². The van der Waals surface area contributed by atoms with Gasteiger partial charge in [0, 0.05) is 0 Å². The fourth-order valence-corrected chi connectivity index (χ4v) is 2.09. The molecule has 0 amide bonds. The topological polar surface area (TPSA) is 74.6 Å². The Labute approximate surface area is 116 Å². The molecule has 0 heterocycles. The van der Waals surface area contributed by atoms with E-state index in [4.69, 9.17) is 0 Å². The van der Waals surface area contributed by atoms with Crippen LogP contribution in [0.4, 0.5) is 0 Å². The monoisotopic (exact) mass is 270 g/mol. The molecule has 0 aliphatic rings. The number of carboxylic acids is 2. The van der Waals surface area contributed by atoms with Crippen molar-refractivity contribution in [2.45, 2.75) is 13.3 Å². The normalized spacial score (nSPS) is 10.2. The summed E-state index contributed by atoms with van der Waals surface area (Å²) < 4.78 is 0. The van der Waals surface area contributed by atoms with E-state index in [0.717, 1.165) is 11.1 Å². The van der Waals surface area contributed by atoms with Crippen molar-refractivity contribution in [3.8, 4) is 0 Å². The minimum absolute atomic E-state index is 0.0328. The van der Waals surface area contributed by atoms with Gasteiger partial charge in [-0.05, 0) is 36.6 Å². The molecule has 4 heteroatoms. The molecule has 0 aliphatic carbocycles. The van der Waals surface area contributed by atoms with Crippen molar-refractivity contribution in [1.29, 1.82) is 0 Å². The number of benzene rings is 2. The maximum Gasteiger partial charge on any atom is 0.336 e. The van der Waals surface area contributed by atoms with Crippen LogP contribution in [-0.4, -0.2) is 22.2 Å². The smallest absolute Gasteiger partial charge is 0.336 e. The first kappa shape index (κ1) is 13.8. The lowest BCUT2D eigenvalue weighted by Gasteiger charge is -2.10. The SMILES string of the molecule is Cc1ccc(Cc2c(C(=O)O)cccc2C(=O)O)cc1. The van der Waals surface area contributed by atoms with Gasteiger partial charge in [0.05, 0.1) is 11.1 Å². The fourth-order valence-electron chi connectivity index (χ4n) is 2.09. The number of hydrogen-bond acceptors (Lipinski definition) is 2. The van der Waals surface area contributed by atoms with E-state index >= 15 is 0 Å². The predicted molar refractivity (Wildman–Crippen MR) is 74.3 cm³/mol. The summed E-state index contributed by atoms with van der Waals surface area (Å²) in [7, 11) is 0. The third-order valence-electron chi connectivity index (χ3n) is 3.14. The van der Waals surface area contributed by atoms with Crippen LogP contribution in [0.15, 0.2) is 42.5 Å². The molecular formula is C16H14O4. The van der Waals surface area contributed by atoms with Gasteiger partial charge in [-0.15, -0.1) is 0 Å². The highest BCUT2D eigenvalue weighted by Crippen LogP contribution is 2.20. The molecule has 2 aromatic rings. The maximum absolute atomic E-state index is 11.2. The molecule has 0 spiro atoms. The summed E-state index contributed by atoms with van der Waals surface area (Å²) >= 11 is 0. The molecule has 4 nitrogen and oxygen atoms in total. The van der Waals surface area contributed by atoms with Crippen molar-refractivity contribution in [1.82, 2.24) is 0 Å². The van der Waals surface area contributed by atoms with Crippen molar-refractivity contribution < 1.29 is 19.8 Å². The Morgan fingerprint density at radius 2 is 1.40 bits per heavy atom. The predicted octanol–water partition coefficient (Wildman–Crippen LogP) is 2.98. The molecule has 0 aliphatic heterocycles. The van der Waals surface area contributed by atoms with E-state index in [2.05, 4.69) is 0 Å². The van der Waals surface area contributed by atoms with Crippen LogP contribution in [-0.2, 0) is 6.42 Å². The van der Waals surface area contributed by atoms with Crippen molar-refractivity contribution in [2.24, 2.45) is 0 Å². The van der Waals surface area contributed by atoms with Crippen LogP contribution in [0.1, 0.15) is 37.4 Å². The molecule has 102 valence electrons. The van der Waals surface area contributed by atoms with E-state index in [1.165, 1.54) is 18.2 Å². The summed E-state index contributed by atoms with van der Waals surface area (Å²) in [6.07, 6.45) is 0.282. The fraction of sp³-hybridized carbons (Fsp3) is 0.125. The zero-order valence-corrected chi connectivity index (χ0v) is 11.0. The molecule has 0 fully saturated rings. The number of aromatic carboxylic acids is 2. The molecule has 2 aromatic carbocycles. The van der Waals surface area contributed by atoms with Crippen LogP contribution in [0.3, 0.4) is 0 Å². The van der Waals surface area contributed by atoms with Gasteiger partial charge in [0.1, 0.15) is 0 Å². The first-order chi connectivity index (χ1) is 9.49. The number of hydrogen-bond donors (Lipinski definition) is 2. The molecule has 0 aromatic heterocycles. The molecule has 0 unspecified atom stereocenters. The molecule has 2 N–H and O–H groups in total. The molecule has 0 bridgehead atoms. The zero-order chi connectivity index (χ0) is 14.7. The summed E-state index contributed by atoms with van der Waals surface area (Å²) in [6.45, 7) is 1.96. The minimum Gasteiger partial charge on any atom is -0.478 e. The standard InChI is InChI=1S/C16H14O4/c1-10-5-7-11(8-6-10)9-14-12(15(17)18)3-2-4-13(14)16(19)20/h2-8H,9H2,1H3,(H,17,18)(H,19,20). The van der Waals surface area contributed by atoms with Gasteiger partial charge in [-0.1, -0.05) is 35.9 Å². The highest BCUT2D eigenvalue weighted by Gasteiger charge is 2.18. The third-order valence-corrected chi connectivity index (χ3v) is 3.14. The number of carbonyl (C=O) groups is 2. The summed E-state index contributed by atoms with van der Waals surface area (Å²) in [5, 5.41) is 18.4. The van der Waals surface area contributed by atoms with E-state index in [9.17, 15) is 19.8 Å². The third kappa shape index (κ3) is 2.85. The van der Waals surface area contributed by atoms with Crippen LogP contribution in [0.2, 0.25) is 0 Å². The highest BCUT2D eigenvalue weighted by molar-refractivity contribution is 5.96. The van der Waals surface area contributed by atoms with E-state index < -0.39 is 11.9 Å². The van der Waals surface area contributed by atoms with E-state index in [0.29, 0.717) is 5.56 Å². The number of carboxylic acid groups (broad SMARTS) is 2. The molecule has 0 saturated carbocycles. The van der Waals surface area contributed by atoms with E-state index in [-0.39, 0.29) is 17.5 Å². The molecule has 0 radical (unpaired) electrons. The Hall–Kier alpha value is -2.62. The lowest BCUT2D eigenvalue weighted by Crippen LogP contribution is -2.10. The summed E-state index contributed by atoms with van der Waals surface area (Å²) in [5.74, 6) is -2.23. The van der Waals surface area contributed by atoms with Crippen LogP contribution in [0.25, 0.3) is 0 Å². The second-order valence-corrected chi connectivity index (χ2v) is 4.60. The van der Waals surface area contributed by atoms with Gasteiger partial charge in [-0.3, -0.25) is 0 Å². The molecule has 0 saturated heterocycles. The Morgan fingerprint density at radius 3 is 1.85 bits per heavy atom. The van der Waals surface area contributed by atoms with Gasteiger partial charge >= 0.3 is 11.9 Å². The van der Waals surface area contributed by atoms with Crippen LogP contribution in [0.5, 0.6) is 0 Å². The van der Waals surface area contributed by atoms with Crippen molar-refractivity contribution in [2.75, 3.05) is 0 Å². The highest BCUT2D eigenvalue weighted by atomic mass is 16.4. The van der Waals surface area contributed by atoms with Crippen molar-refractivity contribution >= 4 is 11.9 Å². The van der Waals surface area contributed by atoms with Gasteiger partial charge in [-0.25, -0.2) is 9.59 Å². The Kier molecular flexibility index (Phi) is 3.84. The van der Waals surface area contributed by atoms with Gasteiger partial charge < -0.3 is 10.2 Å². The molecular weight excluding hydrogens is 256 g/mol. The Bertz CT molecular complexity index is 624. The van der Waals surface area contributed by atoms with Gasteiger partial charge in [0.2, 0.25) is 0 Å². The van der Waals surface area contributed by atoms with Gasteiger partial charge in [0.15, 0.2) is 0 Å². The summed E-state index contributed by atoms with van der Waals surface area (Å²) in [4.78, 5) is 22.5. The lowest BCUT2D eigenvalue weighted by atomic mass is 9.94. The second-order valence-electron chi connectivity index (χ2n) is 4.60. The summed E-state index contributed by atoms with van der Waals surface area (Å²) in [5.41, 5.74) is 2.37. The molecule has 20 heavy (non-hydrogen) atoms. The number of rotatable bonds is 4. The first-order valence-electron chi connectivity index (χ1n) is 6.13. The average molecular weight is 270 g/mol. The maximum atomic E-state index is 11.2. The molecule has 0 atom stereocenters.